The molecule has 0 atom stereocenters. The summed E-state index contributed by atoms with van der Waals surface area (Å²) >= 11 is 0. The first-order chi connectivity index (χ1) is 12.3. The highest BCUT2D eigenvalue weighted by atomic mass is 16.6. The highest BCUT2D eigenvalue weighted by Gasteiger charge is 2.32. The molecule has 8 heteroatoms. The molecule has 8 nitrogen and oxygen atoms in total. The molecule has 0 bridgehead atoms. The van der Waals surface area contributed by atoms with Gasteiger partial charge < -0.3 is 0 Å². The van der Waals surface area contributed by atoms with E-state index in [1.54, 1.807) is 0 Å². The first kappa shape index (κ1) is 17.5. The summed E-state index contributed by atoms with van der Waals surface area (Å²) in [5, 5.41) is 26.6. The van der Waals surface area contributed by atoms with Crippen LogP contribution in [0.15, 0.2) is 47.6 Å². The molecule has 0 radical (unpaired) electrons. The molecule has 1 N–H and O–H groups in total. The summed E-state index contributed by atoms with van der Waals surface area (Å²) in [6.07, 6.45) is 1.85. The van der Waals surface area contributed by atoms with Crippen molar-refractivity contribution < 1.29 is 9.85 Å². The summed E-state index contributed by atoms with van der Waals surface area (Å²) in [6, 6.07) is 11.4. The van der Waals surface area contributed by atoms with Crippen molar-refractivity contribution in [3.05, 3.63) is 73.8 Å². The topological polar surface area (TPSA) is 111 Å². The number of nitro benzene ring substituents is 2. The third kappa shape index (κ3) is 3.26. The van der Waals surface area contributed by atoms with Crippen molar-refractivity contribution in [2.75, 3.05) is 5.43 Å². The van der Waals surface area contributed by atoms with E-state index in [2.05, 4.69) is 30.4 Å². The van der Waals surface area contributed by atoms with Crippen LogP contribution in [0.4, 0.5) is 17.1 Å². The molecule has 0 saturated carbocycles. The lowest BCUT2D eigenvalue weighted by atomic mass is 9.73. The van der Waals surface area contributed by atoms with Crippen LogP contribution in [0.3, 0.4) is 0 Å². The Balaban J connectivity index is 2.02. The maximum absolute atomic E-state index is 11.3. The Morgan fingerprint density at radius 3 is 2.50 bits per heavy atom. The van der Waals surface area contributed by atoms with Gasteiger partial charge in [0.1, 0.15) is 5.69 Å². The first-order valence-corrected chi connectivity index (χ1v) is 8.15. The van der Waals surface area contributed by atoms with Gasteiger partial charge in [0.15, 0.2) is 0 Å². The Hall–Kier alpha value is -3.29. The van der Waals surface area contributed by atoms with Gasteiger partial charge in [-0.15, -0.1) is 0 Å². The summed E-state index contributed by atoms with van der Waals surface area (Å²) in [5.74, 6) is 0. The van der Waals surface area contributed by atoms with Crippen molar-refractivity contribution >= 4 is 22.8 Å². The van der Waals surface area contributed by atoms with Crippen molar-refractivity contribution in [2.24, 2.45) is 10.5 Å². The average molecular weight is 354 g/mol. The summed E-state index contributed by atoms with van der Waals surface area (Å²) in [5.41, 5.74) is 4.96. The lowest BCUT2D eigenvalue weighted by Crippen LogP contribution is -2.32. The number of nitrogens with one attached hydrogen (secondary N) is 1. The van der Waals surface area contributed by atoms with Gasteiger partial charge in [-0.05, 0) is 24.5 Å². The molecule has 0 unspecified atom stereocenters. The highest BCUT2D eigenvalue weighted by molar-refractivity contribution is 6.06. The van der Waals surface area contributed by atoms with Gasteiger partial charge in [-0.2, -0.15) is 5.10 Å². The fraction of sp³-hybridized carbons (Fsp3) is 0.278. The maximum Gasteiger partial charge on any atom is 0.301 e. The largest absolute Gasteiger partial charge is 0.301 e. The molecule has 2 aromatic rings. The number of anilines is 1. The fourth-order valence-electron chi connectivity index (χ4n) is 3.11. The van der Waals surface area contributed by atoms with Gasteiger partial charge in [0.2, 0.25) is 0 Å². The van der Waals surface area contributed by atoms with Crippen LogP contribution < -0.4 is 5.43 Å². The molecule has 0 aromatic heterocycles. The number of hydrazone groups is 1. The minimum absolute atomic E-state index is 0.118. The van der Waals surface area contributed by atoms with Crippen molar-refractivity contribution in [3.63, 3.8) is 0 Å². The van der Waals surface area contributed by atoms with E-state index in [1.807, 2.05) is 18.2 Å². The van der Waals surface area contributed by atoms with Crippen LogP contribution in [0.25, 0.3) is 0 Å². The lowest BCUT2D eigenvalue weighted by Gasteiger charge is -2.33. The number of nitrogens with zero attached hydrogens (tertiary/aromatic N) is 3. The molecular formula is C18H18N4O4. The molecular weight excluding hydrogens is 336 g/mol. The van der Waals surface area contributed by atoms with Crippen LogP contribution in [0.1, 0.15) is 31.4 Å². The SMILES string of the molecule is CC1(C)CCc2ccccc2C1=NNc1ccc([N+](=O)[O-])cc1[N+](=O)[O-]. The second-order valence-electron chi connectivity index (χ2n) is 6.83. The number of benzene rings is 2. The molecule has 3 rings (SSSR count). The monoisotopic (exact) mass is 354 g/mol. The van der Waals surface area contributed by atoms with E-state index in [-0.39, 0.29) is 22.5 Å². The number of nitro groups is 2. The molecule has 0 aliphatic heterocycles. The number of fused-ring (bicyclic) bond motifs is 1. The Morgan fingerprint density at radius 2 is 1.81 bits per heavy atom. The quantitative estimate of drug-likeness (QED) is 0.650. The highest BCUT2D eigenvalue weighted by Crippen LogP contribution is 2.36. The number of non-ortho nitro benzene ring substituents is 1. The van der Waals surface area contributed by atoms with E-state index in [1.165, 1.54) is 17.7 Å². The number of hydrogen-bond donors (Lipinski definition) is 1. The van der Waals surface area contributed by atoms with E-state index in [0.717, 1.165) is 30.2 Å². The maximum atomic E-state index is 11.3. The van der Waals surface area contributed by atoms with E-state index < -0.39 is 9.85 Å². The lowest BCUT2D eigenvalue weighted by molar-refractivity contribution is -0.393. The molecule has 0 heterocycles. The average Bonchev–Trinajstić information content (AvgIpc) is 2.60. The van der Waals surface area contributed by atoms with Crippen LogP contribution >= 0.6 is 0 Å². The van der Waals surface area contributed by atoms with Crippen molar-refractivity contribution in [1.29, 1.82) is 0 Å². The van der Waals surface area contributed by atoms with Crippen LogP contribution in [-0.2, 0) is 6.42 Å². The van der Waals surface area contributed by atoms with Crippen LogP contribution in [0, 0.1) is 25.6 Å². The predicted molar refractivity (Wildman–Crippen MR) is 98.5 cm³/mol. The molecule has 1 aliphatic carbocycles. The second kappa shape index (κ2) is 6.55. The zero-order valence-electron chi connectivity index (χ0n) is 14.4. The van der Waals surface area contributed by atoms with Gasteiger partial charge in [0.25, 0.3) is 5.69 Å². The molecule has 0 amide bonds. The zero-order chi connectivity index (χ0) is 18.9. The molecule has 0 spiro atoms. The zero-order valence-corrected chi connectivity index (χ0v) is 14.4. The van der Waals surface area contributed by atoms with Crippen LogP contribution in [-0.4, -0.2) is 15.6 Å². The summed E-state index contributed by atoms with van der Waals surface area (Å²) in [7, 11) is 0. The Bertz CT molecular complexity index is 921. The summed E-state index contributed by atoms with van der Waals surface area (Å²) < 4.78 is 0. The Labute approximate surface area is 149 Å². The van der Waals surface area contributed by atoms with E-state index >= 15 is 0 Å². The Kier molecular flexibility index (Phi) is 4.41. The normalized spacial score (nSPS) is 16.8. The van der Waals surface area contributed by atoms with Crippen molar-refractivity contribution in [2.45, 2.75) is 26.7 Å². The molecule has 0 saturated heterocycles. The number of hydrogen-bond acceptors (Lipinski definition) is 6. The molecule has 0 fully saturated rings. The third-order valence-electron chi connectivity index (χ3n) is 4.61. The van der Waals surface area contributed by atoms with Gasteiger partial charge in [0, 0.05) is 17.0 Å². The van der Waals surface area contributed by atoms with Gasteiger partial charge in [-0.3, -0.25) is 25.7 Å². The van der Waals surface area contributed by atoms with Gasteiger partial charge >= 0.3 is 5.69 Å². The van der Waals surface area contributed by atoms with E-state index in [9.17, 15) is 20.2 Å². The van der Waals surface area contributed by atoms with Crippen molar-refractivity contribution in [3.8, 4) is 0 Å². The van der Waals surface area contributed by atoms with Crippen molar-refractivity contribution in [1.82, 2.24) is 0 Å². The summed E-state index contributed by atoms with van der Waals surface area (Å²) in [6.45, 7) is 4.15. The minimum atomic E-state index is -0.664. The molecule has 134 valence electrons. The minimum Gasteiger partial charge on any atom is -0.271 e. The van der Waals surface area contributed by atoms with E-state index in [4.69, 9.17) is 0 Å². The first-order valence-electron chi connectivity index (χ1n) is 8.15. The smallest absolute Gasteiger partial charge is 0.271 e. The van der Waals surface area contributed by atoms with Gasteiger partial charge in [-0.1, -0.05) is 38.1 Å². The number of aryl methyl sites for hydroxylation is 1. The Morgan fingerprint density at radius 1 is 1.08 bits per heavy atom. The van der Waals surface area contributed by atoms with E-state index in [0.29, 0.717) is 0 Å². The standard InChI is InChI=1S/C18H18N4O4/c1-18(2)10-9-12-5-3-4-6-14(12)17(18)20-19-15-8-7-13(21(23)24)11-16(15)22(25)26/h3-8,11,19H,9-10H2,1-2H3. The second-order valence-corrected chi connectivity index (χ2v) is 6.83. The molecule has 26 heavy (non-hydrogen) atoms. The van der Waals surface area contributed by atoms with Gasteiger partial charge in [-0.25, -0.2) is 0 Å². The van der Waals surface area contributed by atoms with Gasteiger partial charge in [0.05, 0.1) is 21.6 Å². The van der Waals surface area contributed by atoms with Crippen LogP contribution in [0.2, 0.25) is 0 Å². The number of rotatable bonds is 4. The molecule has 2 aromatic carbocycles. The predicted octanol–water partition coefficient (Wildman–Crippen LogP) is 4.29. The summed E-state index contributed by atoms with van der Waals surface area (Å²) in [4.78, 5) is 20.8. The van der Waals surface area contributed by atoms with Crippen LogP contribution in [0.5, 0.6) is 0 Å². The fourth-order valence-corrected chi connectivity index (χ4v) is 3.11. The third-order valence-corrected chi connectivity index (χ3v) is 4.61. The molecule has 1 aliphatic rings.